The first-order valence-corrected chi connectivity index (χ1v) is 7.58. The molecule has 0 aliphatic rings. The van der Waals surface area contributed by atoms with E-state index in [2.05, 4.69) is 5.32 Å². The second kappa shape index (κ2) is 7.49. The van der Waals surface area contributed by atoms with Crippen molar-refractivity contribution in [3.8, 4) is 0 Å². The Hall–Kier alpha value is -2.34. The average molecular weight is 337 g/mol. The predicted octanol–water partition coefficient (Wildman–Crippen LogP) is 2.67. The van der Waals surface area contributed by atoms with Crippen molar-refractivity contribution in [2.75, 3.05) is 18.9 Å². The lowest BCUT2D eigenvalue weighted by atomic mass is 10.1. The summed E-state index contributed by atoms with van der Waals surface area (Å²) in [6.45, 7) is 2.84. The number of anilines is 1. The van der Waals surface area contributed by atoms with Gasteiger partial charge in [0.05, 0.1) is 12.6 Å². The molecule has 0 spiro atoms. The largest absolute Gasteiger partial charge is 0.416 e. The summed E-state index contributed by atoms with van der Waals surface area (Å²) in [6, 6.07) is 12.7. The van der Waals surface area contributed by atoms with Gasteiger partial charge < -0.3 is 10.2 Å². The Labute approximate surface area is 139 Å². The van der Waals surface area contributed by atoms with Crippen LogP contribution in [0.1, 0.15) is 16.7 Å². The van der Waals surface area contributed by atoms with Crippen molar-refractivity contribution < 1.29 is 22.9 Å². The zero-order valence-corrected chi connectivity index (χ0v) is 13.6. The van der Waals surface area contributed by atoms with Gasteiger partial charge in [-0.3, -0.25) is 4.79 Å². The number of hydrogen-bond acceptors (Lipinski definition) is 1. The maximum Gasteiger partial charge on any atom is 0.416 e. The van der Waals surface area contributed by atoms with Crippen LogP contribution in [0.5, 0.6) is 0 Å². The normalized spacial score (nSPS) is 12.7. The van der Waals surface area contributed by atoms with Crippen molar-refractivity contribution in [1.82, 2.24) is 0 Å². The summed E-state index contributed by atoms with van der Waals surface area (Å²) in [5.41, 5.74) is 1.64. The number of quaternary nitrogens is 1. The molecule has 2 aromatic rings. The molecule has 0 saturated heterocycles. The van der Waals surface area contributed by atoms with Crippen molar-refractivity contribution in [1.29, 1.82) is 0 Å². The van der Waals surface area contributed by atoms with Crippen LogP contribution < -0.4 is 10.2 Å². The summed E-state index contributed by atoms with van der Waals surface area (Å²) < 4.78 is 38.0. The molecule has 3 nitrogen and oxygen atoms in total. The number of amides is 1. The summed E-state index contributed by atoms with van der Waals surface area (Å²) in [5, 5.41) is 2.52. The number of hydrogen-bond donors (Lipinski definition) is 2. The van der Waals surface area contributed by atoms with Crippen LogP contribution in [-0.2, 0) is 17.5 Å². The highest BCUT2D eigenvalue weighted by molar-refractivity contribution is 5.91. The SMILES string of the molecule is Cc1ccc(C[NH+](C)CC(=O)Nc2cccc(C(F)(F)F)c2)cc1. The van der Waals surface area contributed by atoms with Crippen molar-refractivity contribution in [2.45, 2.75) is 19.6 Å². The van der Waals surface area contributed by atoms with E-state index >= 15 is 0 Å². The van der Waals surface area contributed by atoms with Crippen LogP contribution >= 0.6 is 0 Å². The van der Waals surface area contributed by atoms with Crippen molar-refractivity contribution in [2.24, 2.45) is 0 Å². The highest BCUT2D eigenvalue weighted by Gasteiger charge is 2.30. The van der Waals surface area contributed by atoms with Crippen LogP contribution in [-0.4, -0.2) is 19.5 Å². The molecular weight excluding hydrogens is 317 g/mol. The Morgan fingerprint density at radius 1 is 1.12 bits per heavy atom. The Kier molecular flexibility index (Phi) is 5.62. The monoisotopic (exact) mass is 337 g/mol. The molecule has 0 saturated carbocycles. The second-order valence-corrected chi connectivity index (χ2v) is 5.92. The van der Waals surface area contributed by atoms with Gasteiger partial charge in [-0.15, -0.1) is 0 Å². The topological polar surface area (TPSA) is 33.5 Å². The maximum atomic E-state index is 12.7. The molecule has 24 heavy (non-hydrogen) atoms. The minimum Gasteiger partial charge on any atom is -0.326 e. The Balaban J connectivity index is 1.92. The van der Waals surface area contributed by atoms with Gasteiger partial charge in [0, 0.05) is 11.3 Å². The van der Waals surface area contributed by atoms with Gasteiger partial charge in [0.25, 0.3) is 5.91 Å². The Morgan fingerprint density at radius 2 is 1.79 bits per heavy atom. The molecule has 2 aromatic carbocycles. The van der Waals surface area contributed by atoms with Gasteiger partial charge in [0.15, 0.2) is 6.54 Å². The zero-order chi connectivity index (χ0) is 17.7. The van der Waals surface area contributed by atoms with Gasteiger partial charge in [-0.25, -0.2) is 0 Å². The van der Waals surface area contributed by atoms with E-state index in [4.69, 9.17) is 0 Å². The van der Waals surface area contributed by atoms with E-state index in [0.717, 1.165) is 22.6 Å². The van der Waals surface area contributed by atoms with Crippen molar-refractivity contribution in [3.05, 3.63) is 65.2 Å². The van der Waals surface area contributed by atoms with Crippen LogP contribution in [0, 0.1) is 6.92 Å². The number of aryl methyl sites for hydroxylation is 1. The van der Waals surface area contributed by atoms with E-state index < -0.39 is 11.7 Å². The lowest BCUT2D eigenvalue weighted by Crippen LogP contribution is -3.08. The van der Waals surface area contributed by atoms with Crippen molar-refractivity contribution >= 4 is 11.6 Å². The van der Waals surface area contributed by atoms with Crippen LogP contribution in [0.2, 0.25) is 0 Å². The molecule has 0 heterocycles. The van der Waals surface area contributed by atoms with E-state index in [1.165, 1.54) is 17.7 Å². The van der Waals surface area contributed by atoms with E-state index in [-0.39, 0.29) is 18.1 Å². The highest BCUT2D eigenvalue weighted by Crippen LogP contribution is 2.30. The molecule has 0 aliphatic heterocycles. The molecule has 1 unspecified atom stereocenters. The molecule has 0 fully saturated rings. The van der Waals surface area contributed by atoms with Crippen LogP contribution in [0.3, 0.4) is 0 Å². The van der Waals surface area contributed by atoms with Crippen LogP contribution in [0.15, 0.2) is 48.5 Å². The lowest BCUT2D eigenvalue weighted by molar-refractivity contribution is -0.885. The first-order valence-electron chi connectivity index (χ1n) is 7.58. The quantitative estimate of drug-likeness (QED) is 0.864. The number of nitrogens with one attached hydrogen (secondary N) is 2. The third-order valence-electron chi connectivity index (χ3n) is 3.56. The summed E-state index contributed by atoms with van der Waals surface area (Å²) in [7, 11) is 1.87. The first-order chi connectivity index (χ1) is 11.2. The lowest BCUT2D eigenvalue weighted by Gasteiger charge is -2.14. The molecule has 1 atom stereocenters. The molecule has 0 bridgehead atoms. The third kappa shape index (κ3) is 5.38. The fourth-order valence-electron chi connectivity index (χ4n) is 2.37. The van der Waals surface area contributed by atoms with Gasteiger partial charge >= 0.3 is 6.18 Å². The second-order valence-electron chi connectivity index (χ2n) is 5.92. The van der Waals surface area contributed by atoms with E-state index in [1.807, 2.05) is 38.2 Å². The molecule has 6 heteroatoms. The molecule has 0 radical (unpaired) electrons. The summed E-state index contributed by atoms with van der Waals surface area (Å²) in [5.74, 6) is -0.320. The van der Waals surface area contributed by atoms with Crippen LogP contribution in [0.25, 0.3) is 0 Å². The Morgan fingerprint density at radius 3 is 2.42 bits per heavy atom. The van der Waals surface area contributed by atoms with Gasteiger partial charge in [0.1, 0.15) is 6.54 Å². The number of benzene rings is 2. The number of alkyl halides is 3. The number of likely N-dealkylation sites (N-methyl/N-ethyl adjacent to an activating group) is 1. The fraction of sp³-hybridized carbons (Fsp3) is 0.278. The minimum atomic E-state index is -4.42. The zero-order valence-electron chi connectivity index (χ0n) is 13.6. The smallest absolute Gasteiger partial charge is 0.326 e. The van der Waals surface area contributed by atoms with Gasteiger partial charge in [0.2, 0.25) is 0 Å². The minimum absolute atomic E-state index is 0.151. The summed E-state index contributed by atoms with van der Waals surface area (Å²) >= 11 is 0. The van der Waals surface area contributed by atoms with Crippen molar-refractivity contribution in [3.63, 3.8) is 0 Å². The highest BCUT2D eigenvalue weighted by atomic mass is 19.4. The van der Waals surface area contributed by atoms with Gasteiger partial charge in [-0.05, 0) is 25.1 Å². The van der Waals surface area contributed by atoms with Crippen LogP contribution in [0.4, 0.5) is 18.9 Å². The van der Waals surface area contributed by atoms with Gasteiger partial charge in [-0.1, -0.05) is 35.9 Å². The third-order valence-corrected chi connectivity index (χ3v) is 3.56. The summed E-state index contributed by atoms with van der Waals surface area (Å²) in [6.07, 6.45) is -4.42. The predicted molar refractivity (Wildman–Crippen MR) is 86.7 cm³/mol. The number of rotatable bonds is 5. The summed E-state index contributed by atoms with van der Waals surface area (Å²) in [4.78, 5) is 13.0. The Bertz CT molecular complexity index is 696. The molecular formula is C18H20F3N2O+. The van der Waals surface area contributed by atoms with E-state index in [1.54, 1.807) is 0 Å². The molecule has 0 aromatic heterocycles. The first kappa shape index (κ1) is 18.0. The number of halogens is 3. The number of carbonyl (C=O) groups excluding carboxylic acids is 1. The number of carbonyl (C=O) groups is 1. The fourth-order valence-corrected chi connectivity index (χ4v) is 2.37. The molecule has 2 rings (SSSR count). The molecule has 0 aliphatic carbocycles. The van der Waals surface area contributed by atoms with Gasteiger partial charge in [-0.2, -0.15) is 13.2 Å². The maximum absolute atomic E-state index is 12.7. The molecule has 1 amide bonds. The molecule has 2 N–H and O–H groups in total. The average Bonchev–Trinajstić information content (AvgIpc) is 2.49. The standard InChI is InChI=1S/C18H19F3N2O/c1-13-6-8-14(9-7-13)11-23(2)12-17(24)22-16-5-3-4-15(10-16)18(19,20)21/h3-10H,11-12H2,1-2H3,(H,22,24)/p+1. The van der Waals surface area contributed by atoms with E-state index in [0.29, 0.717) is 6.54 Å². The molecule has 128 valence electrons. The van der Waals surface area contributed by atoms with E-state index in [9.17, 15) is 18.0 Å².